The van der Waals surface area contributed by atoms with Gasteiger partial charge in [-0.05, 0) is 24.7 Å². The standard InChI is InChI=1S/C14H18N4O/c1-2-15-8-7-14(19)17-12-5-3-4-11(10-12)13-6-9-16-18-13/h3-6,9-10,15H,2,7-8H2,1H3,(H,16,18)(H,17,19). The first-order chi connectivity index (χ1) is 9.29. The van der Waals surface area contributed by atoms with E-state index in [4.69, 9.17) is 0 Å². The lowest BCUT2D eigenvalue weighted by Crippen LogP contribution is -2.21. The van der Waals surface area contributed by atoms with E-state index in [1.165, 1.54) is 0 Å². The summed E-state index contributed by atoms with van der Waals surface area (Å²) in [6, 6.07) is 9.59. The zero-order chi connectivity index (χ0) is 13.5. The van der Waals surface area contributed by atoms with Gasteiger partial charge in [-0.25, -0.2) is 0 Å². The monoisotopic (exact) mass is 258 g/mol. The molecule has 0 aliphatic rings. The fraction of sp³-hybridized carbons (Fsp3) is 0.286. The van der Waals surface area contributed by atoms with Gasteiger partial charge in [0.2, 0.25) is 5.91 Å². The summed E-state index contributed by atoms with van der Waals surface area (Å²) in [7, 11) is 0. The topological polar surface area (TPSA) is 69.8 Å². The van der Waals surface area contributed by atoms with Crippen LogP contribution in [0.3, 0.4) is 0 Å². The fourth-order valence-electron chi connectivity index (χ4n) is 1.78. The van der Waals surface area contributed by atoms with Crippen molar-refractivity contribution in [3.63, 3.8) is 0 Å². The first kappa shape index (κ1) is 13.3. The first-order valence-corrected chi connectivity index (χ1v) is 6.40. The molecule has 0 unspecified atom stereocenters. The second-order valence-corrected chi connectivity index (χ2v) is 4.20. The number of H-pyrrole nitrogens is 1. The van der Waals surface area contributed by atoms with Crippen LogP contribution in [0.1, 0.15) is 13.3 Å². The molecule has 5 heteroatoms. The van der Waals surface area contributed by atoms with Crippen LogP contribution in [-0.4, -0.2) is 29.2 Å². The lowest BCUT2D eigenvalue weighted by Gasteiger charge is -2.07. The van der Waals surface area contributed by atoms with Gasteiger partial charge in [0.1, 0.15) is 0 Å². The summed E-state index contributed by atoms with van der Waals surface area (Å²) in [6.07, 6.45) is 2.18. The summed E-state index contributed by atoms with van der Waals surface area (Å²) in [5.41, 5.74) is 2.74. The van der Waals surface area contributed by atoms with Gasteiger partial charge in [0.05, 0.1) is 5.69 Å². The molecule has 0 radical (unpaired) electrons. The lowest BCUT2D eigenvalue weighted by molar-refractivity contribution is -0.116. The molecule has 1 aromatic carbocycles. The van der Waals surface area contributed by atoms with Gasteiger partial charge in [-0.3, -0.25) is 9.89 Å². The van der Waals surface area contributed by atoms with Crippen LogP contribution in [0.2, 0.25) is 0 Å². The molecule has 1 heterocycles. The molecule has 100 valence electrons. The van der Waals surface area contributed by atoms with E-state index in [0.29, 0.717) is 13.0 Å². The number of benzene rings is 1. The highest BCUT2D eigenvalue weighted by molar-refractivity contribution is 5.91. The third-order valence-electron chi connectivity index (χ3n) is 2.74. The lowest BCUT2D eigenvalue weighted by atomic mass is 10.1. The predicted molar refractivity (Wildman–Crippen MR) is 75.8 cm³/mol. The van der Waals surface area contributed by atoms with Gasteiger partial charge in [-0.1, -0.05) is 19.1 Å². The second-order valence-electron chi connectivity index (χ2n) is 4.20. The molecule has 0 aliphatic carbocycles. The maximum Gasteiger partial charge on any atom is 0.225 e. The average Bonchev–Trinajstić information content (AvgIpc) is 2.93. The van der Waals surface area contributed by atoms with E-state index in [1.54, 1.807) is 6.20 Å². The molecular formula is C14H18N4O. The fourth-order valence-corrected chi connectivity index (χ4v) is 1.78. The molecule has 1 amide bonds. The van der Waals surface area contributed by atoms with E-state index in [2.05, 4.69) is 20.8 Å². The SMILES string of the molecule is CCNCCC(=O)Nc1cccc(-c2ccn[nH]2)c1. The summed E-state index contributed by atoms with van der Waals surface area (Å²) < 4.78 is 0. The van der Waals surface area contributed by atoms with Crippen molar-refractivity contribution in [2.75, 3.05) is 18.4 Å². The second kappa shape index (κ2) is 6.70. The van der Waals surface area contributed by atoms with Crippen LogP contribution in [-0.2, 0) is 4.79 Å². The largest absolute Gasteiger partial charge is 0.326 e. The van der Waals surface area contributed by atoms with Crippen molar-refractivity contribution in [3.05, 3.63) is 36.5 Å². The molecule has 2 aromatic rings. The van der Waals surface area contributed by atoms with Crippen LogP contribution >= 0.6 is 0 Å². The molecule has 19 heavy (non-hydrogen) atoms. The highest BCUT2D eigenvalue weighted by Gasteiger charge is 2.04. The Morgan fingerprint density at radius 1 is 1.37 bits per heavy atom. The van der Waals surface area contributed by atoms with Crippen molar-refractivity contribution in [2.24, 2.45) is 0 Å². The van der Waals surface area contributed by atoms with Crippen LogP contribution in [0.15, 0.2) is 36.5 Å². The maximum atomic E-state index is 11.7. The molecule has 1 aromatic heterocycles. The number of hydrogen-bond donors (Lipinski definition) is 3. The molecule has 0 saturated carbocycles. The van der Waals surface area contributed by atoms with Gasteiger partial charge in [-0.2, -0.15) is 5.10 Å². The van der Waals surface area contributed by atoms with Crippen molar-refractivity contribution >= 4 is 11.6 Å². The highest BCUT2D eigenvalue weighted by atomic mass is 16.1. The van der Waals surface area contributed by atoms with Gasteiger partial charge in [0.15, 0.2) is 0 Å². The number of nitrogens with zero attached hydrogens (tertiary/aromatic N) is 1. The van der Waals surface area contributed by atoms with Crippen molar-refractivity contribution in [3.8, 4) is 11.3 Å². The van der Waals surface area contributed by atoms with Gasteiger partial charge < -0.3 is 10.6 Å². The predicted octanol–water partition coefficient (Wildman–Crippen LogP) is 2.01. The number of hydrogen-bond acceptors (Lipinski definition) is 3. The van der Waals surface area contributed by atoms with Crippen LogP contribution in [0, 0.1) is 0 Å². The normalized spacial score (nSPS) is 10.4. The number of amides is 1. The van der Waals surface area contributed by atoms with E-state index in [0.717, 1.165) is 23.5 Å². The van der Waals surface area contributed by atoms with Crippen molar-refractivity contribution in [2.45, 2.75) is 13.3 Å². The summed E-state index contributed by atoms with van der Waals surface area (Å²) in [5.74, 6) is 0.0164. The molecule has 3 N–H and O–H groups in total. The van der Waals surface area contributed by atoms with Crippen LogP contribution in [0.4, 0.5) is 5.69 Å². The Bertz CT molecular complexity index is 522. The minimum Gasteiger partial charge on any atom is -0.326 e. The third kappa shape index (κ3) is 3.93. The first-order valence-electron chi connectivity index (χ1n) is 6.40. The molecule has 2 rings (SSSR count). The molecule has 0 spiro atoms. The quantitative estimate of drug-likeness (QED) is 0.694. The van der Waals surface area contributed by atoms with Crippen LogP contribution < -0.4 is 10.6 Å². The zero-order valence-corrected chi connectivity index (χ0v) is 10.9. The summed E-state index contributed by atoms with van der Waals surface area (Å²) in [6.45, 7) is 3.59. The van der Waals surface area contributed by atoms with Crippen molar-refractivity contribution in [1.82, 2.24) is 15.5 Å². The number of aromatic amines is 1. The number of aromatic nitrogens is 2. The van der Waals surface area contributed by atoms with Crippen molar-refractivity contribution < 1.29 is 4.79 Å². The Kier molecular flexibility index (Phi) is 4.69. The Morgan fingerprint density at radius 2 is 2.26 bits per heavy atom. The average molecular weight is 258 g/mol. The van der Waals surface area contributed by atoms with Gasteiger partial charge in [0, 0.05) is 30.4 Å². The van der Waals surface area contributed by atoms with Crippen LogP contribution in [0.25, 0.3) is 11.3 Å². The minimum absolute atomic E-state index is 0.0164. The Morgan fingerprint density at radius 3 is 3.00 bits per heavy atom. The molecular weight excluding hydrogens is 240 g/mol. The summed E-state index contributed by atoms with van der Waals surface area (Å²) in [5, 5.41) is 12.8. The van der Waals surface area contributed by atoms with E-state index in [1.807, 2.05) is 37.3 Å². The molecule has 5 nitrogen and oxygen atoms in total. The smallest absolute Gasteiger partial charge is 0.225 e. The van der Waals surface area contributed by atoms with E-state index < -0.39 is 0 Å². The third-order valence-corrected chi connectivity index (χ3v) is 2.74. The molecule has 0 bridgehead atoms. The Labute approximate surface area is 112 Å². The van der Waals surface area contributed by atoms with E-state index in [-0.39, 0.29) is 5.91 Å². The minimum atomic E-state index is 0.0164. The van der Waals surface area contributed by atoms with Crippen molar-refractivity contribution in [1.29, 1.82) is 0 Å². The number of anilines is 1. The van der Waals surface area contributed by atoms with Gasteiger partial charge in [0.25, 0.3) is 0 Å². The summed E-state index contributed by atoms with van der Waals surface area (Å²) in [4.78, 5) is 11.7. The number of carbonyl (C=O) groups is 1. The zero-order valence-electron chi connectivity index (χ0n) is 10.9. The Hall–Kier alpha value is -2.14. The van der Waals surface area contributed by atoms with Gasteiger partial charge >= 0.3 is 0 Å². The summed E-state index contributed by atoms with van der Waals surface area (Å²) >= 11 is 0. The highest BCUT2D eigenvalue weighted by Crippen LogP contribution is 2.20. The molecule has 0 fully saturated rings. The van der Waals surface area contributed by atoms with E-state index >= 15 is 0 Å². The molecule has 0 aliphatic heterocycles. The molecule has 0 saturated heterocycles. The maximum absolute atomic E-state index is 11.7. The van der Waals surface area contributed by atoms with Crippen LogP contribution in [0.5, 0.6) is 0 Å². The van der Waals surface area contributed by atoms with Gasteiger partial charge in [-0.15, -0.1) is 0 Å². The number of nitrogens with one attached hydrogen (secondary N) is 3. The molecule has 0 atom stereocenters. The number of carbonyl (C=O) groups excluding carboxylic acids is 1. The van der Waals surface area contributed by atoms with E-state index in [9.17, 15) is 4.79 Å². The Balaban J connectivity index is 1.97. The number of rotatable bonds is 6.